The predicted octanol–water partition coefficient (Wildman–Crippen LogP) is 3.06. The molecule has 23 heavy (non-hydrogen) atoms. The third kappa shape index (κ3) is 3.13. The van der Waals surface area contributed by atoms with Gasteiger partial charge in [-0.05, 0) is 30.5 Å². The van der Waals surface area contributed by atoms with E-state index in [1.54, 1.807) is 17.0 Å². The number of carboxylic acid groups (broad SMARTS) is 1. The van der Waals surface area contributed by atoms with Crippen LogP contribution in [0.5, 0.6) is 0 Å². The molecule has 5 nitrogen and oxygen atoms in total. The summed E-state index contributed by atoms with van der Waals surface area (Å²) < 4.78 is 5.67. The van der Waals surface area contributed by atoms with Crippen molar-refractivity contribution in [3.05, 3.63) is 47.7 Å². The Labute approximate surface area is 134 Å². The first-order valence-electron chi connectivity index (χ1n) is 7.79. The molecule has 1 fully saturated rings. The lowest BCUT2D eigenvalue weighted by atomic mass is 10.1. The zero-order valence-corrected chi connectivity index (χ0v) is 13.0. The van der Waals surface area contributed by atoms with Crippen LogP contribution in [0, 0.1) is 5.92 Å². The van der Waals surface area contributed by atoms with E-state index in [9.17, 15) is 9.59 Å². The summed E-state index contributed by atoms with van der Waals surface area (Å²) in [5.41, 5.74) is 2.17. The SMILES string of the molecule is CCc1ccc(-c2ccc(C(=O)N3CCC(C(=O)O)C3)o2)cc1. The van der Waals surface area contributed by atoms with Crippen LogP contribution < -0.4 is 0 Å². The monoisotopic (exact) mass is 313 g/mol. The molecule has 1 amide bonds. The minimum atomic E-state index is -0.851. The van der Waals surface area contributed by atoms with Gasteiger partial charge in [-0.1, -0.05) is 31.2 Å². The lowest BCUT2D eigenvalue weighted by molar-refractivity contribution is -0.141. The molecular formula is C18H19NO4. The van der Waals surface area contributed by atoms with Crippen molar-refractivity contribution in [1.29, 1.82) is 0 Å². The van der Waals surface area contributed by atoms with Crippen LogP contribution in [0.2, 0.25) is 0 Å². The average Bonchev–Trinajstić information content (AvgIpc) is 3.24. The molecule has 2 heterocycles. The van der Waals surface area contributed by atoms with Gasteiger partial charge in [0.1, 0.15) is 5.76 Å². The third-order valence-electron chi connectivity index (χ3n) is 4.29. The van der Waals surface area contributed by atoms with Gasteiger partial charge in [-0.2, -0.15) is 0 Å². The number of carbonyl (C=O) groups is 2. The number of furan rings is 1. The molecule has 0 spiro atoms. The summed E-state index contributed by atoms with van der Waals surface area (Å²) in [6.45, 7) is 2.80. The standard InChI is InChI=1S/C18H19NO4/c1-2-12-3-5-13(6-4-12)15-7-8-16(23-15)17(20)19-10-9-14(11-19)18(21)22/h3-8,14H,2,9-11H2,1H3,(H,21,22). The molecule has 0 radical (unpaired) electrons. The summed E-state index contributed by atoms with van der Waals surface area (Å²) in [5, 5.41) is 9.02. The highest BCUT2D eigenvalue weighted by Gasteiger charge is 2.32. The van der Waals surface area contributed by atoms with Gasteiger partial charge in [0.25, 0.3) is 5.91 Å². The van der Waals surface area contributed by atoms with Crippen LogP contribution in [0.25, 0.3) is 11.3 Å². The first-order valence-corrected chi connectivity index (χ1v) is 7.79. The van der Waals surface area contributed by atoms with Crippen LogP contribution in [-0.2, 0) is 11.2 Å². The van der Waals surface area contributed by atoms with Gasteiger partial charge in [-0.25, -0.2) is 0 Å². The molecule has 120 valence electrons. The molecule has 3 rings (SSSR count). The maximum absolute atomic E-state index is 12.4. The lowest BCUT2D eigenvalue weighted by Gasteiger charge is -2.13. The molecule has 0 saturated carbocycles. The van der Waals surface area contributed by atoms with Gasteiger partial charge in [0.2, 0.25) is 0 Å². The number of likely N-dealkylation sites (tertiary alicyclic amines) is 1. The van der Waals surface area contributed by atoms with E-state index >= 15 is 0 Å². The van der Waals surface area contributed by atoms with Crippen LogP contribution in [0.4, 0.5) is 0 Å². The number of amides is 1. The Balaban J connectivity index is 1.73. The molecule has 1 aliphatic rings. The number of carboxylic acids is 1. The van der Waals surface area contributed by atoms with Gasteiger partial charge in [0.15, 0.2) is 5.76 Å². The smallest absolute Gasteiger partial charge is 0.308 e. The summed E-state index contributed by atoms with van der Waals surface area (Å²) in [4.78, 5) is 24.9. The Kier molecular flexibility index (Phi) is 4.19. The molecule has 1 saturated heterocycles. The van der Waals surface area contributed by atoms with Crippen molar-refractivity contribution in [3.63, 3.8) is 0 Å². The first-order chi connectivity index (χ1) is 11.1. The highest BCUT2D eigenvalue weighted by Crippen LogP contribution is 2.25. The van der Waals surface area contributed by atoms with E-state index in [1.165, 1.54) is 5.56 Å². The fourth-order valence-corrected chi connectivity index (χ4v) is 2.81. The summed E-state index contributed by atoms with van der Waals surface area (Å²) in [6, 6.07) is 11.5. The van der Waals surface area contributed by atoms with Crippen LogP contribution in [0.1, 0.15) is 29.5 Å². The van der Waals surface area contributed by atoms with Crippen molar-refractivity contribution < 1.29 is 19.1 Å². The second-order valence-electron chi connectivity index (χ2n) is 5.79. The molecule has 1 aliphatic heterocycles. The normalized spacial score (nSPS) is 17.4. The summed E-state index contributed by atoms with van der Waals surface area (Å²) in [5.74, 6) is -0.674. The topological polar surface area (TPSA) is 70.8 Å². The number of hydrogen-bond donors (Lipinski definition) is 1. The Morgan fingerprint density at radius 2 is 1.96 bits per heavy atom. The molecule has 1 aromatic carbocycles. The Morgan fingerprint density at radius 3 is 2.57 bits per heavy atom. The highest BCUT2D eigenvalue weighted by molar-refractivity contribution is 5.92. The molecule has 0 aliphatic carbocycles. The van der Waals surface area contributed by atoms with Crippen molar-refractivity contribution in [3.8, 4) is 11.3 Å². The largest absolute Gasteiger partial charge is 0.481 e. The minimum Gasteiger partial charge on any atom is -0.481 e. The Morgan fingerprint density at radius 1 is 1.22 bits per heavy atom. The van der Waals surface area contributed by atoms with Crippen molar-refractivity contribution >= 4 is 11.9 Å². The van der Waals surface area contributed by atoms with Gasteiger partial charge < -0.3 is 14.4 Å². The summed E-state index contributed by atoms with van der Waals surface area (Å²) in [6.07, 6.45) is 1.47. The summed E-state index contributed by atoms with van der Waals surface area (Å²) in [7, 11) is 0. The molecular weight excluding hydrogens is 294 g/mol. The number of aliphatic carboxylic acids is 1. The number of nitrogens with zero attached hydrogens (tertiary/aromatic N) is 1. The second-order valence-corrected chi connectivity index (χ2v) is 5.79. The van der Waals surface area contributed by atoms with Crippen LogP contribution in [-0.4, -0.2) is 35.0 Å². The zero-order valence-electron chi connectivity index (χ0n) is 13.0. The summed E-state index contributed by atoms with van der Waals surface area (Å²) >= 11 is 0. The van der Waals surface area contributed by atoms with E-state index in [-0.39, 0.29) is 18.2 Å². The third-order valence-corrected chi connectivity index (χ3v) is 4.29. The number of hydrogen-bond acceptors (Lipinski definition) is 3. The van der Waals surface area contributed by atoms with Crippen molar-refractivity contribution in [2.75, 3.05) is 13.1 Å². The maximum Gasteiger partial charge on any atom is 0.308 e. The number of benzene rings is 1. The van der Waals surface area contributed by atoms with Gasteiger partial charge in [-0.15, -0.1) is 0 Å². The van der Waals surface area contributed by atoms with Crippen LogP contribution >= 0.6 is 0 Å². The van der Waals surface area contributed by atoms with Crippen molar-refractivity contribution in [1.82, 2.24) is 4.90 Å². The molecule has 1 atom stereocenters. The number of aryl methyl sites for hydroxylation is 1. The quantitative estimate of drug-likeness (QED) is 0.941. The molecule has 1 N–H and O–H groups in total. The van der Waals surface area contributed by atoms with E-state index in [0.29, 0.717) is 18.7 Å². The van der Waals surface area contributed by atoms with E-state index in [4.69, 9.17) is 9.52 Å². The molecule has 2 aromatic rings. The van der Waals surface area contributed by atoms with Gasteiger partial charge in [0, 0.05) is 18.7 Å². The first kappa shape index (κ1) is 15.3. The zero-order chi connectivity index (χ0) is 16.4. The molecule has 5 heteroatoms. The predicted molar refractivity (Wildman–Crippen MR) is 85.2 cm³/mol. The number of carbonyl (C=O) groups excluding carboxylic acids is 1. The minimum absolute atomic E-state index is 0.245. The van der Waals surface area contributed by atoms with Crippen LogP contribution in [0.3, 0.4) is 0 Å². The number of rotatable bonds is 4. The van der Waals surface area contributed by atoms with Crippen molar-refractivity contribution in [2.24, 2.45) is 5.92 Å². The fraction of sp³-hybridized carbons (Fsp3) is 0.333. The molecule has 1 aromatic heterocycles. The van der Waals surface area contributed by atoms with E-state index in [1.807, 2.05) is 24.3 Å². The highest BCUT2D eigenvalue weighted by atomic mass is 16.4. The van der Waals surface area contributed by atoms with Gasteiger partial charge in [0.05, 0.1) is 5.92 Å². The average molecular weight is 313 g/mol. The van der Waals surface area contributed by atoms with E-state index in [0.717, 1.165) is 12.0 Å². The molecule has 1 unspecified atom stereocenters. The van der Waals surface area contributed by atoms with Crippen LogP contribution in [0.15, 0.2) is 40.8 Å². The Hall–Kier alpha value is -2.56. The molecule has 0 bridgehead atoms. The van der Waals surface area contributed by atoms with Gasteiger partial charge >= 0.3 is 5.97 Å². The van der Waals surface area contributed by atoms with E-state index in [2.05, 4.69) is 6.92 Å². The Bertz CT molecular complexity index is 717. The maximum atomic E-state index is 12.4. The van der Waals surface area contributed by atoms with Crippen molar-refractivity contribution in [2.45, 2.75) is 19.8 Å². The fourth-order valence-electron chi connectivity index (χ4n) is 2.81. The van der Waals surface area contributed by atoms with Gasteiger partial charge in [-0.3, -0.25) is 9.59 Å². The van der Waals surface area contributed by atoms with E-state index < -0.39 is 11.9 Å². The second kappa shape index (κ2) is 6.28. The lowest BCUT2D eigenvalue weighted by Crippen LogP contribution is -2.29.